The van der Waals surface area contributed by atoms with Gasteiger partial charge in [-0.25, -0.2) is 0 Å². The van der Waals surface area contributed by atoms with Gasteiger partial charge in [-0.3, -0.25) is 4.90 Å². The zero-order chi connectivity index (χ0) is 15.5. The van der Waals surface area contributed by atoms with Gasteiger partial charge in [0.1, 0.15) is 5.75 Å². The third-order valence-corrected chi connectivity index (χ3v) is 6.02. The summed E-state index contributed by atoms with van der Waals surface area (Å²) in [5.74, 6) is 0.908. The average Bonchev–Trinajstić information content (AvgIpc) is 2.57. The largest absolute Gasteiger partial charge is 0.506 e. The van der Waals surface area contributed by atoms with Crippen LogP contribution >= 0.6 is 27.5 Å². The molecule has 1 heterocycles. The van der Waals surface area contributed by atoms with E-state index >= 15 is 0 Å². The molecular formula is C17H24BrClN2O. The molecule has 1 aromatic carbocycles. The Morgan fingerprint density at radius 3 is 2.55 bits per heavy atom. The molecule has 122 valence electrons. The molecule has 1 saturated heterocycles. The molecule has 0 radical (unpaired) electrons. The van der Waals surface area contributed by atoms with Crippen LogP contribution in [-0.4, -0.2) is 36.2 Å². The van der Waals surface area contributed by atoms with Gasteiger partial charge in [-0.05, 0) is 46.8 Å². The summed E-state index contributed by atoms with van der Waals surface area (Å²) in [6.45, 7) is 4.05. The van der Waals surface area contributed by atoms with Crippen molar-refractivity contribution < 1.29 is 5.11 Å². The lowest BCUT2D eigenvalue weighted by atomic mass is 9.80. The molecule has 22 heavy (non-hydrogen) atoms. The Balaban J connectivity index is 1.98. The number of nitrogens with one attached hydrogen (secondary N) is 1. The van der Waals surface area contributed by atoms with Gasteiger partial charge in [0.25, 0.3) is 0 Å². The van der Waals surface area contributed by atoms with Crippen LogP contribution in [0, 0.1) is 5.92 Å². The molecule has 2 N–H and O–H groups in total. The molecule has 1 aliphatic carbocycles. The van der Waals surface area contributed by atoms with Crippen LogP contribution in [0.5, 0.6) is 5.75 Å². The second-order valence-corrected chi connectivity index (χ2v) is 7.68. The van der Waals surface area contributed by atoms with Crippen molar-refractivity contribution in [1.29, 1.82) is 0 Å². The van der Waals surface area contributed by atoms with Crippen molar-refractivity contribution in [2.45, 2.75) is 38.1 Å². The Hall–Kier alpha value is -0.290. The molecule has 1 aliphatic heterocycles. The van der Waals surface area contributed by atoms with Crippen molar-refractivity contribution in [3.63, 3.8) is 0 Å². The fourth-order valence-electron chi connectivity index (χ4n) is 3.96. The second-order valence-electron chi connectivity index (χ2n) is 6.42. The molecule has 1 saturated carbocycles. The fourth-order valence-corrected chi connectivity index (χ4v) is 4.57. The summed E-state index contributed by atoms with van der Waals surface area (Å²) in [5.41, 5.74) is 0.921. The molecule has 0 amide bonds. The van der Waals surface area contributed by atoms with Gasteiger partial charge in [-0.1, -0.05) is 30.9 Å². The first-order valence-electron chi connectivity index (χ1n) is 8.30. The van der Waals surface area contributed by atoms with E-state index in [0.717, 1.165) is 36.2 Å². The van der Waals surface area contributed by atoms with Gasteiger partial charge in [0.05, 0.1) is 4.47 Å². The quantitative estimate of drug-likeness (QED) is 0.810. The summed E-state index contributed by atoms with van der Waals surface area (Å²) in [7, 11) is 0. The maximum Gasteiger partial charge on any atom is 0.136 e. The summed E-state index contributed by atoms with van der Waals surface area (Å²) in [6.07, 6.45) is 6.38. The highest BCUT2D eigenvalue weighted by atomic mass is 79.9. The number of aromatic hydroxyl groups is 1. The van der Waals surface area contributed by atoms with Crippen LogP contribution in [0.4, 0.5) is 0 Å². The lowest BCUT2D eigenvalue weighted by Crippen LogP contribution is -2.47. The Kier molecular flexibility index (Phi) is 5.66. The van der Waals surface area contributed by atoms with Crippen molar-refractivity contribution in [2.24, 2.45) is 5.92 Å². The summed E-state index contributed by atoms with van der Waals surface area (Å²) in [6, 6.07) is 3.96. The van der Waals surface area contributed by atoms with Crippen molar-refractivity contribution in [2.75, 3.05) is 26.2 Å². The Morgan fingerprint density at radius 2 is 1.86 bits per heavy atom. The number of rotatable bonds is 3. The average molecular weight is 388 g/mol. The molecule has 2 fully saturated rings. The third-order valence-electron chi connectivity index (χ3n) is 5.05. The number of benzene rings is 1. The standard InChI is InChI=1S/C17H24BrClN2O/c18-13-6-7-14(19)15(17(13)22)16(12-4-2-1-3-5-12)21-10-8-20-9-11-21/h6-7,12,16,20,22H,1-5,8-11H2/t16-/m0/s1. The highest BCUT2D eigenvalue weighted by Gasteiger charge is 2.34. The number of halogens is 2. The molecule has 1 aromatic rings. The summed E-state index contributed by atoms with van der Waals surface area (Å²) in [5, 5.41) is 14.7. The minimum atomic E-state index is 0.229. The SMILES string of the molecule is Oc1c(Br)ccc(Cl)c1[C@H](C1CCCCC1)N1CCNCC1. The highest BCUT2D eigenvalue weighted by Crippen LogP contribution is 2.46. The number of hydrogen-bond donors (Lipinski definition) is 2. The van der Waals surface area contributed by atoms with E-state index in [1.54, 1.807) is 0 Å². The lowest BCUT2D eigenvalue weighted by Gasteiger charge is -2.41. The number of hydrogen-bond acceptors (Lipinski definition) is 3. The van der Waals surface area contributed by atoms with E-state index in [9.17, 15) is 5.11 Å². The topological polar surface area (TPSA) is 35.5 Å². The zero-order valence-electron chi connectivity index (χ0n) is 12.8. The van der Waals surface area contributed by atoms with Gasteiger partial charge < -0.3 is 10.4 Å². The molecular weight excluding hydrogens is 364 g/mol. The summed E-state index contributed by atoms with van der Waals surface area (Å²) < 4.78 is 0.739. The molecule has 2 aliphatic rings. The van der Waals surface area contributed by atoms with Gasteiger partial charge in [0.15, 0.2) is 0 Å². The molecule has 0 aromatic heterocycles. The van der Waals surface area contributed by atoms with Crippen LogP contribution < -0.4 is 5.32 Å². The van der Waals surface area contributed by atoms with Crippen LogP contribution in [0.1, 0.15) is 43.7 Å². The van der Waals surface area contributed by atoms with E-state index in [2.05, 4.69) is 26.1 Å². The van der Waals surface area contributed by atoms with Gasteiger partial charge in [-0.2, -0.15) is 0 Å². The van der Waals surface area contributed by atoms with Crippen LogP contribution in [0.15, 0.2) is 16.6 Å². The molecule has 0 spiro atoms. The first kappa shape index (κ1) is 16.6. The second kappa shape index (κ2) is 7.52. The predicted octanol–water partition coefficient (Wildman–Crippen LogP) is 4.33. The molecule has 0 bridgehead atoms. The first-order chi connectivity index (χ1) is 10.7. The van der Waals surface area contributed by atoms with Crippen molar-refractivity contribution in [1.82, 2.24) is 10.2 Å². The van der Waals surface area contributed by atoms with E-state index in [4.69, 9.17) is 11.6 Å². The van der Waals surface area contributed by atoms with Gasteiger partial charge in [0.2, 0.25) is 0 Å². The number of phenols is 1. The van der Waals surface area contributed by atoms with Crippen LogP contribution in [0.2, 0.25) is 5.02 Å². The summed E-state index contributed by atoms with van der Waals surface area (Å²) in [4.78, 5) is 2.51. The maximum atomic E-state index is 10.6. The van der Waals surface area contributed by atoms with Crippen molar-refractivity contribution in [3.05, 3.63) is 27.2 Å². The Labute approximate surface area is 146 Å². The molecule has 1 atom stereocenters. The van der Waals surface area contributed by atoms with Gasteiger partial charge >= 0.3 is 0 Å². The maximum absolute atomic E-state index is 10.6. The smallest absolute Gasteiger partial charge is 0.136 e. The fraction of sp³-hybridized carbons (Fsp3) is 0.647. The van der Waals surface area contributed by atoms with E-state index in [1.807, 2.05) is 12.1 Å². The van der Waals surface area contributed by atoms with Crippen molar-refractivity contribution in [3.8, 4) is 5.75 Å². The van der Waals surface area contributed by atoms with E-state index in [1.165, 1.54) is 32.1 Å². The monoisotopic (exact) mass is 386 g/mol. The minimum Gasteiger partial charge on any atom is -0.506 e. The summed E-state index contributed by atoms with van der Waals surface area (Å²) >= 11 is 9.97. The molecule has 5 heteroatoms. The Morgan fingerprint density at radius 1 is 1.18 bits per heavy atom. The highest BCUT2D eigenvalue weighted by molar-refractivity contribution is 9.10. The molecule has 3 rings (SSSR count). The Bertz CT molecular complexity index is 496. The number of phenolic OH excluding ortho intramolecular Hbond substituents is 1. The van der Waals surface area contributed by atoms with Crippen LogP contribution in [0.3, 0.4) is 0 Å². The van der Waals surface area contributed by atoms with E-state index in [-0.39, 0.29) is 6.04 Å². The third kappa shape index (κ3) is 3.45. The van der Waals surface area contributed by atoms with E-state index in [0.29, 0.717) is 16.7 Å². The van der Waals surface area contributed by atoms with Gasteiger partial charge in [-0.15, -0.1) is 0 Å². The minimum absolute atomic E-state index is 0.229. The van der Waals surface area contributed by atoms with Crippen LogP contribution in [-0.2, 0) is 0 Å². The number of nitrogens with zero attached hydrogens (tertiary/aromatic N) is 1. The predicted molar refractivity (Wildman–Crippen MR) is 94.6 cm³/mol. The van der Waals surface area contributed by atoms with Crippen molar-refractivity contribution >= 4 is 27.5 Å². The first-order valence-corrected chi connectivity index (χ1v) is 9.47. The zero-order valence-corrected chi connectivity index (χ0v) is 15.2. The normalized spacial score (nSPS) is 22.6. The molecule has 0 unspecified atom stereocenters. The van der Waals surface area contributed by atoms with E-state index < -0.39 is 0 Å². The van der Waals surface area contributed by atoms with Crippen LogP contribution in [0.25, 0.3) is 0 Å². The number of piperazine rings is 1. The van der Waals surface area contributed by atoms with Gasteiger partial charge in [0, 0.05) is 42.8 Å². The molecule has 3 nitrogen and oxygen atoms in total. The lowest BCUT2D eigenvalue weighted by molar-refractivity contribution is 0.101.